The zero-order valence-corrected chi connectivity index (χ0v) is 25.3. The first-order chi connectivity index (χ1) is 20.5. The summed E-state index contributed by atoms with van der Waals surface area (Å²) in [6.07, 6.45) is -0.204. The molecule has 3 aliphatic rings. The number of carbonyl (C=O) groups excluding carboxylic acids is 3. The maximum atomic E-state index is 13.3. The van der Waals surface area contributed by atoms with Gasteiger partial charge in [0.25, 0.3) is 11.8 Å². The van der Waals surface area contributed by atoms with Gasteiger partial charge in [-0.05, 0) is 57.0 Å². The SMILES string of the molecule is CCN=c1cc2oc3cc(NCC)c(C)cc3c(-c3c(Cl)c(C(=O)ON4C(=O)CCC4=O)cc(Cl)c3C(=O)O)c-2cc1C. The highest BCUT2D eigenvalue weighted by atomic mass is 35.5. The Kier molecular flexibility index (Phi) is 8.18. The molecule has 0 saturated carbocycles. The molecule has 43 heavy (non-hydrogen) atoms. The summed E-state index contributed by atoms with van der Waals surface area (Å²) < 4.78 is 6.36. The summed E-state index contributed by atoms with van der Waals surface area (Å²) in [6, 6.07) is 8.29. The molecule has 5 rings (SSSR count). The van der Waals surface area contributed by atoms with Crippen molar-refractivity contribution in [3.8, 4) is 22.5 Å². The molecular weight excluding hydrogens is 597 g/mol. The maximum absolute atomic E-state index is 13.3. The molecule has 0 atom stereocenters. The summed E-state index contributed by atoms with van der Waals surface area (Å²) in [5.74, 6) is -3.49. The van der Waals surface area contributed by atoms with E-state index >= 15 is 0 Å². The van der Waals surface area contributed by atoms with Gasteiger partial charge in [0, 0.05) is 65.8 Å². The van der Waals surface area contributed by atoms with Crippen molar-refractivity contribution in [1.29, 1.82) is 0 Å². The van der Waals surface area contributed by atoms with E-state index in [0.29, 0.717) is 51.4 Å². The Morgan fingerprint density at radius 1 is 1.02 bits per heavy atom. The minimum atomic E-state index is -1.39. The largest absolute Gasteiger partial charge is 0.478 e. The Balaban J connectivity index is 1.89. The van der Waals surface area contributed by atoms with E-state index in [1.165, 1.54) is 0 Å². The fraction of sp³-hybridized carbons (Fsp3) is 0.258. The van der Waals surface area contributed by atoms with Gasteiger partial charge in [-0.3, -0.25) is 14.6 Å². The van der Waals surface area contributed by atoms with Crippen LogP contribution in [0.5, 0.6) is 0 Å². The van der Waals surface area contributed by atoms with Gasteiger partial charge in [-0.25, -0.2) is 9.59 Å². The van der Waals surface area contributed by atoms with Crippen LogP contribution in [0.3, 0.4) is 0 Å². The molecule has 2 aliphatic heterocycles. The average molecular weight is 624 g/mol. The number of amides is 2. The molecule has 2 aromatic carbocycles. The van der Waals surface area contributed by atoms with Crippen molar-refractivity contribution >= 4 is 63.6 Å². The van der Waals surface area contributed by atoms with Crippen molar-refractivity contribution in [2.24, 2.45) is 4.99 Å². The second-order valence-electron chi connectivity index (χ2n) is 10.0. The molecule has 0 radical (unpaired) electrons. The van der Waals surface area contributed by atoms with E-state index in [0.717, 1.165) is 22.9 Å². The Hall–Kier alpha value is -4.41. The van der Waals surface area contributed by atoms with Crippen LogP contribution < -0.4 is 10.7 Å². The molecule has 222 valence electrons. The summed E-state index contributed by atoms with van der Waals surface area (Å²) in [5, 5.41) is 14.6. The molecule has 2 N–H and O–H groups in total. The van der Waals surface area contributed by atoms with Gasteiger partial charge in [-0.2, -0.15) is 0 Å². The second kappa shape index (κ2) is 11.7. The number of aromatic carboxylic acids is 1. The van der Waals surface area contributed by atoms with Crippen LogP contribution in [0.1, 0.15) is 58.5 Å². The summed E-state index contributed by atoms with van der Waals surface area (Å²) in [7, 11) is 0. The number of carbonyl (C=O) groups is 4. The molecular formula is C31H27Cl2N3O7. The first-order valence-corrected chi connectivity index (χ1v) is 14.3. The second-order valence-corrected chi connectivity index (χ2v) is 10.8. The van der Waals surface area contributed by atoms with Gasteiger partial charge in [0.1, 0.15) is 11.3 Å². The average Bonchev–Trinajstić information content (AvgIpc) is 3.26. The molecule has 1 fully saturated rings. The predicted molar refractivity (Wildman–Crippen MR) is 161 cm³/mol. The number of halogens is 2. The molecule has 0 aromatic heterocycles. The van der Waals surface area contributed by atoms with Crippen LogP contribution in [0.2, 0.25) is 10.0 Å². The Labute approximate surface area is 256 Å². The lowest BCUT2D eigenvalue weighted by atomic mass is 9.88. The molecule has 12 heteroatoms. The van der Waals surface area contributed by atoms with E-state index in [1.54, 1.807) is 6.07 Å². The monoisotopic (exact) mass is 623 g/mol. The number of nitrogens with one attached hydrogen (secondary N) is 1. The van der Waals surface area contributed by atoms with Crippen molar-refractivity contribution in [3.63, 3.8) is 0 Å². The summed E-state index contributed by atoms with van der Waals surface area (Å²) in [4.78, 5) is 59.9. The Morgan fingerprint density at radius 2 is 1.72 bits per heavy atom. The number of nitrogens with zero attached hydrogens (tertiary/aromatic N) is 2. The number of aryl methyl sites for hydroxylation is 2. The van der Waals surface area contributed by atoms with Crippen molar-refractivity contribution in [1.82, 2.24) is 5.06 Å². The third-order valence-corrected chi connectivity index (χ3v) is 7.85. The number of imide groups is 1. The van der Waals surface area contributed by atoms with Crippen LogP contribution in [-0.4, -0.2) is 47.0 Å². The maximum Gasteiger partial charge on any atom is 0.365 e. The van der Waals surface area contributed by atoms with Crippen molar-refractivity contribution in [2.45, 2.75) is 40.5 Å². The van der Waals surface area contributed by atoms with Crippen molar-refractivity contribution in [2.75, 3.05) is 18.4 Å². The number of anilines is 1. The van der Waals surface area contributed by atoms with Crippen LogP contribution in [0.25, 0.3) is 33.4 Å². The Bertz CT molecular complexity index is 1880. The van der Waals surface area contributed by atoms with Crippen LogP contribution in [0, 0.1) is 13.8 Å². The zero-order valence-electron chi connectivity index (χ0n) is 23.8. The molecule has 0 spiro atoms. The number of hydroxylamine groups is 2. The number of hydrogen-bond acceptors (Lipinski definition) is 8. The lowest BCUT2D eigenvalue weighted by Gasteiger charge is -2.22. The quantitative estimate of drug-likeness (QED) is 0.178. The van der Waals surface area contributed by atoms with E-state index in [1.807, 2.05) is 45.9 Å². The van der Waals surface area contributed by atoms with Gasteiger partial charge >= 0.3 is 11.9 Å². The van der Waals surface area contributed by atoms with E-state index in [9.17, 15) is 24.3 Å². The molecule has 1 saturated heterocycles. The fourth-order valence-corrected chi connectivity index (χ4v) is 5.79. The number of fused-ring (bicyclic) bond motifs is 2. The predicted octanol–water partition coefficient (Wildman–Crippen LogP) is 6.40. The third kappa shape index (κ3) is 5.32. The summed E-state index contributed by atoms with van der Waals surface area (Å²) in [5.41, 5.74) is 3.03. The van der Waals surface area contributed by atoms with Gasteiger partial charge < -0.3 is 19.7 Å². The smallest absolute Gasteiger partial charge is 0.365 e. The molecule has 0 bridgehead atoms. The highest BCUT2D eigenvalue weighted by molar-refractivity contribution is 6.41. The Morgan fingerprint density at radius 3 is 2.35 bits per heavy atom. The van der Waals surface area contributed by atoms with Gasteiger partial charge in [-0.15, -0.1) is 5.06 Å². The number of hydrogen-bond donors (Lipinski definition) is 2. The topological polar surface area (TPSA) is 139 Å². The molecule has 0 unspecified atom stereocenters. The minimum absolute atomic E-state index is 0.0475. The highest BCUT2D eigenvalue weighted by Crippen LogP contribution is 2.48. The lowest BCUT2D eigenvalue weighted by molar-refractivity contribution is -0.172. The zero-order chi connectivity index (χ0) is 31.2. The van der Waals surface area contributed by atoms with E-state index in [-0.39, 0.29) is 39.6 Å². The van der Waals surface area contributed by atoms with Gasteiger partial charge in [0.15, 0.2) is 0 Å². The third-order valence-electron chi connectivity index (χ3n) is 7.16. The minimum Gasteiger partial charge on any atom is -0.478 e. The molecule has 2 aromatic rings. The highest BCUT2D eigenvalue weighted by Gasteiger charge is 2.35. The standard InChI is InChI=1S/C31H27Cl2N3O7/c1-5-34-20-12-22-16(9-14(20)3)26(17-10-15(4)21(35-6-2)13-23(17)42-22)28-27(30(39)40)19(32)11-18(29(28)33)31(41)43-36-24(37)7-8-25(36)38/h9-13,34H,5-8H2,1-4H3,(H,39,40). The van der Waals surface area contributed by atoms with E-state index < -0.39 is 23.8 Å². The van der Waals surface area contributed by atoms with Crippen LogP contribution in [0.4, 0.5) is 5.69 Å². The van der Waals surface area contributed by atoms with E-state index in [2.05, 4.69) is 10.3 Å². The van der Waals surface area contributed by atoms with Gasteiger partial charge in [0.05, 0.1) is 26.5 Å². The first kappa shape index (κ1) is 30.1. The van der Waals surface area contributed by atoms with Crippen LogP contribution in [0.15, 0.2) is 39.7 Å². The van der Waals surface area contributed by atoms with Crippen molar-refractivity contribution in [3.05, 3.63) is 68.0 Å². The number of carboxylic acid groups (broad SMARTS) is 1. The summed E-state index contributed by atoms with van der Waals surface area (Å²) in [6.45, 7) is 8.82. The first-order valence-electron chi connectivity index (χ1n) is 13.6. The molecule has 1 aliphatic carbocycles. The molecule has 2 heterocycles. The normalized spacial score (nSPS) is 13.8. The molecule has 10 nitrogen and oxygen atoms in total. The van der Waals surface area contributed by atoms with E-state index in [4.69, 9.17) is 32.5 Å². The lowest BCUT2D eigenvalue weighted by Crippen LogP contribution is -2.32. The number of rotatable bonds is 7. The molecule has 2 amide bonds. The van der Waals surface area contributed by atoms with Crippen LogP contribution >= 0.6 is 23.2 Å². The van der Waals surface area contributed by atoms with Crippen LogP contribution in [-0.2, 0) is 14.4 Å². The number of benzene rings is 3. The van der Waals surface area contributed by atoms with Crippen molar-refractivity contribution < 1.29 is 33.5 Å². The van der Waals surface area contributed by atoms with Gasteiger partial charge in [-0.1, -0.05) is 23.2 Å². The summed E-state index contributed by atoms with van der Waals surface area (Å²) >= 11 is 13.4. The fourth-order valence-electron chi connectivity index (χ4n) is 5.19. The number of carboxylic acids is 1. The van der Waals surface area contributed by atoms with Gasteiger partial charge in [0.2, 0.25) is 0 Å².